The minimum atomic E-state index is -2.23. The number of phenolic OH excluding ortho intramolecular Hbond substituents is 2. The fourth-order valence-corrected chi connectivity index (χ4v) is 2.31. The molecule has 23 heavy (non-hydrogen) atoms. The van der Waals surface area contributed by atoms with E-state index in [9.17, 15) is 40.9 Å². The molecular formula is C14H3F7O2. The average molecular weight is 336 g/mol. The van der Waals surface area contributed by atoms with E-state index in [-0.39, 0.29) is 0 Å². The Kier molecular flexibility index (Phi) is 3.07. The molecule has 0 amide bonds. The van der Waals surface area contributed by atoms with Crippen LogP contribution < -0.4 is 0 Å². The topological polar surface area (TPSA) is 40.5 Å². The highest BCUT2D eigenvalue weighted by Crippen LogP contribution is 2.42. The molecule has 0 saturated heterocycles. The van der Waals surface area contributed by atoms with Gasteiger partial charge in [0.15, 0.2) is 34.8 Å². The first kappa shape index (κ1) is 15.2. The number of phenols is 2. The van der Waals surface area contributed by atoms with Gasteiger partial charge in [0.05, 0.1) is 10.8 Å². The van der Waals surface area contributed by atoms with Crippen LogP contribution in [-0.4, -0.2) is 10.2 Å². The number of benzene rings is 3. The summed E-state index contributed by atoms with van der Waals surface area (Å²) in [7, 11) is 0. The van der Waals surface area contributed by atoms with Crippen molar-refractivity contribution in [3.63, 3.8) is 0 Å². The molecule has 2 nitrogen and oxygen atoms in total. The zero-order valence-corrected chi connectivity index (χ0v) is 10.6. The summed E-state index contributed by atoms with van der Waals surface area (Å²) in [6, 6.07) is 0.367. The molecule has 3 aromatic carbocycles. The Balaban J connectivity index is 2.73. The van der Waals surface area contributed by atoms with Gasteiger partial charge in [0.1, 0.15) is 5.82 Å². The van der Waals surface area contributed by atoms with Crippen LogP contribution in [-0.2, 0) is 0 Å². The lowest BCUT2D eigenvalue weighted by molar-refractivity contribution is 0.391. The van der Waals surface area contributed by atoms with Crippen LogP contribution in [0.4, 0.5) is 30.7 Å². The van der Waals surface area contributed by atoms with Gasteiger partial charge >= 0.3 is 0 Å². The van der Waals surface area contributed by atoms with E-state index in [4.69, 9.17) is 0 Å². The Morgan fingerprint density at radius 2 is 1.00 bits per heavy atom. The van der Waals surface area contributed by atoms with Crippen molar-refractivity contribution in [2.45, 2.75) is 0 Å². The Hall–Kier alpha value is -2.71. The zero-order chi connectivity index (χ0) is 17.2. The van der Waals surface area contributed by atoms with Gasteiger partial charge in [-0.15, -0.1) is 0 Å². The minimum absolute atomic E-state index is 0.367. The number of rotatable bonds is 0. The number of aromatic hydroxyl groups is 2. The van der Waals surface area contributed by atoms with Gasteiger partial charge in [-0.25, -0.2) is 22.0 Å². The molecule has 0 aromatic heterocycles. The summed E-state index contributed by atoms with van der Waals surface area (Å²) in [5.41, 5.74) is 0. The van der Waals surface area contributed by atoms with E-state index in [2.05, 4.69) is 0 Å². The van der Waals surface area contributed by atoms with Gasteiger partial charge in [-0.1, -0.05) is 0 Å². The highest BCUT2D eigenvalue weighted by molar-refractivity contribution is 6.04. The predicted molar refractivity (Wildman–Crippen MR) is 64.5 cm³/mol. The summed E-state index contributed by atoms with van der Waals surface area (Å²) in [4.78, 5) is 0. The van der Waals surface area contributed by atoms with Crippen LogP contribution in [0.2, 0.25) is 0 Å². The van der Waals surface area contributed by atoms with Crippen molar-refractivity contribution in [2.24, 2.45) is 0 Å². The van der Waals surface area contributed by atoms with Crippen molar-refractivity contribution in [3.8, 4) is 11.5 Å². The summed E-state index contributed by atoms with van der Waals surface area (Å²) in [5, 5.41) is 14.1. The van der Waals surface area contributed by atoms with E-state index < -0.39 is 73.8 Å². The lowest BCUT2D eigenvalue weighted by Gasteiger charge is -2.12. The highest BCUT2D eigenvalue weighted by atomic mass is 19.2. The zero-order valence-electron chi connectivity index (χ0n) is 10.6. The molecule has 2 N–H and O–H groups in total. The average Bonchev–Trinajstić information content (AvgIpc) is 2.53. The lowest BCUT2D eigenvalue weighted by atomic mass is 9.99. The third-order valence-electron chi connectivity index (χ3n) is 3.40. The van der Waals surface area contributed by atoms with E-state index in [1.807, 2.05) is 0 Å². The van der Waals surface area contributed by atoms with Gasteiger partial charge in [-0.3, -0.25) is 0 Å². The van der Waals surface area contributed by atoms with Gasteiger partial charge in [-0.05, 0) is 6.07 Å². The number of halogens is 7. The molecule has 0 atom stereocenters. The van der Waals surface area contributed by atoms with Crippen molar-refractivity contribution in [1.29, 1.82) is 0 Å². The third kappa shape index (κ3) is 1.76. The van der Waals surface area contributed by atoms with Crippen molar-refractivity contribution in [2.75, 3.05) is 0 Å². The molecular weight excluding hydrogens is 333 g/mol. The number of hydrogen-bond acceptors (Lipinski definition) is 2. The Morgan fingerprint density at radius 3 is 1.61 bits per heavy atom. The molecule has 0 heterocycles. The van der Waals surface area contributed by atoms with E-state index in [0.717, 1.165) is 0 Å². The third-order valence-corrected chi connectivity index (χ3v) is 3.40. The van der Waals surface area contributed by atoms with Crippen LogP contribution in [0.25, 0.3) is 21.5 Å². The Bertz CT molecular complexity index is 936. The maximum atomic E-state index is 14.3. The van der Waals surface area contributed by atoms with Crippen molar-refractivity contribution < 1.29 is 40.9 Å². The van der Waals surface area contributed by atoms with Crippen molar-refractivity contribution in [1.82, 2.24) is 0 Å². The largest absolute Gasteiger partial charge is 0.504 e. The maximum Gasteiger partial charge on any atom is 0.204 e. The summed E-state index contributed by atoms with van der Waals surface area (Å²) in [6.45, 7) is 0. The van der Waals surface area contributed by atoms with E-state index in [1.54, 1.807) is 0 Å². The van der Waals surface area contributed by atoms with Crippen LogP contribution >= 0.6 is 0 Å². The van der Waals surface area contributed by atoms with E-state index in [1.165, 1.54) is 0 Å². The molecule has 0 saturated carbocycles. The molecule has 0 aliphatic carbocycles. The molecule has 0 aliphatic rings. The molecule has 0 aliphatic heterocycles. The van der Waals surface area contributed by atoms with Crippen molar-refractivity contribution in [3.05, 3.63) is 46.8 Å². The molecule has 3 aromatic rings. The second-order valence-corrected chi connectivity index (χ2v) is 4.62. The summed E-state index contributed by atoms with van der Waals surface area (Å²) < 4.78 is 94.9. The smallest absolute Gasteiger partial charge is 0.204 e. The van der Waals surface area contributed by atoms with Crippen LogP contribution in [0.3, 0.4) is 0 Å². The Morgan fingerprint density at radius 1 is 0.478 bits per heavy atom. The number of fused-ring (bicyclic) bond motifs is 2. The summed E-state index contributed by atoms with van der Waals surface area (Å²) >= 11 is 0. The molecule has 0 bridgehead atoms. The summed E-state index contributed by atoms with van der Waals surface area (Å²) in [6.07, 6.45) is 0. The quantitative estimate of drug-likeness (QED) is 0.363. The van der Waals surface area contributed by atoms with Crippen LogP contribution in [0, 0.1) is 40.7 Å². The molecule has 9 heteroatoms. The molecule has 0 radical (unpaired) electrons. The SMILES string of the molecule is Oc1c(F)c(F)c(F)c2c(F)c3c(O)c(F)c(F)c(F)c3cc12. The van der Waals surface area contributed by atoms with Crippen LogP contribution in [0.15, 0.2) is 6.07 Å². The molecule has 120 valence electrons. The van der Waals surface area contributed by atoms with Crippen LogP contribution in [0.5, 0.6) is 11.5 Å². The second kappa shape index (κ2) is 4.64. The van der Waals surface area contributed by atoms with Gasteiger partial charge in [0, 0.05) is 10.8 Å². The van der Waals surface area contributed by atoms with Gasteiger partial charge in [0.25, 0.3) is 0 Å². The first-order valence-electron chi connectivity index (χ1n) is 5.85. The first-order chi connectivity index (χ1) is 10.7. The second-order valence-electron chi connectivity index (χ2n) is 4.62. The predicted octanol–water partition coefficient (Wildman–Crippen LogP) is 4.38. The van der Waals surface area contributed by atoms with E-state index >= 15 is 0 Å². The number of hydrogen-bond donors (Lipinski definition) is 2. The van der Waals surface area contributed by atoms with Gasteiger partial charge in [0.2, 0.25) is 11.6 Å². The minimum Gasteiger partial charge on any atom is -0.504 e. The first-order valence-corrected chi connectivity index (χ1v) is 5.85. The highest BCUT2D eigenvalue weighted by Gasteiger charge is 2.28. The van der Waals surface area contributed by atoms with Crippen molar-refractivity contribution >= 4 is 21.5 Å². The Labute approximate surface area is 122 Å². The maximum absolute atomic E-state index is 14.3. The fourth-order valence-electron chi connectivity index (χ4n) is 2.31. The van der Waals surface area contributed by atoms with Gasteiger partial charge < -0.3 is 10.2 Å². The monoisotopic (exact) mass is 336 g/mol. The molecule has 0 fully saturated rings. The lowest BCUT2D eigenvalue weighted by Crippen LogP contribution is -2.00. The molecule has 3 rings (SSSR count). The summed E-state index contributed by atoms with van der Waals surface area (Å²) in [5.74, 6) is -17.8. The van der Waals surface area contributed by atoms with Crippen LogP contribution in [0.1, 0.15) is 0 Å². The normalized spacial score (nSPS) is 11.6. The van der Waals surface area contributed by atoms with E-state index in [0.29, 0.717) is 6.07 Å². The molecule has 0 unspecified atom stereocenters. The van der Waals surface area contributed by atoms with Gasteiger partial charge in [-0.2, -0.15) is 8.78 Å². The molecule has 0 spiro atoms. The standard InChI is InChI=1S/C14H3F7O2/c15-6-2-1-3-4(8(17)10(19)11(20)13(3)22)7(16)5(2)14(23)12(21)9(6)18/h1,22-23H. The fraction of sp³-hybridized carbons (Fsp3) is 0.